The molecule has 0 bridgehead atoms. The van der Waals surface area contributed by atoms with Crippen LogP contribution in [0.25, 0.3) is 0 Å². The van der Waals surface area contributed by atoms with Crippen LogP contribution in [0.4, 0.5) is 8.78 Å². The van der Waals surface area contributed by atoms with Crippen molar-refractivity contribution in [1.29, 1.82) is 0 Å². The zero-order valence-corrected chi connectivity index (χ0v) is 12.0. The van der Waals surface area contributed by atoms with E-state index in [1.807, 2.05) is 0 Å². The monoisotopic (exact) mass is 300 g/mol. The zero-order valence-electron chi connectivity index (χ0n) is 12.0. The van der Waals surface area contributed by atoms with Crippen molar-refractivity contribution in [2.24, 2.45) is 0 Å². The van der Waals surface area contributed by atoms with Crippen molar-refractivity contribution in [3.8, 4) is 11.5 Å². The predicted molar refractivity (Wildman–Crippen MR) is 71.9 cm³/mol. The lowest BCUT2D eigenvalue weighted by atomic mass is 9.68. The average molecular weight is 300 g/mol. The highest BCUT2D eigenvalue weighted by Crippen LogP contribution is 2.48. The number of aliphatic carboxylic acids is 1. The maximum absolute atomic E-state index is 14.4. The first-order valence-corrected chi connectivity index (χ1v) is 6.81. The summed E-state index contributed by atoms with van der Waals surface area (Å²) in [5.74, 6) is -3.50. The van der Waals surface area contributed by atoms with Gasteiger partial charge in [-0.1, -0.05) is 19.3 Å². The van der Waals surface area contributed by atoms with Gasteiger partial charge in [-0.3, -0.25) is 4.79 Å². The van der Waals surface area contributed by atoms with E-state index in [9.17, 15) is 18.7 Å². The minimum Gasteiger partial charge on any atom is -0.493 e. The van der Waals surface area contributed by atoms with Crippen LogP contribution in [-0.2, 0) is 10.2 Å². The molecule has 0 aromatic heterocycles. The van der Waals surface area contributed by atoms with E-state index in [-0.39, 0.29) is 29.9 Å². The van der Waals surface area contributed by atoms with Crippen LogP contribution in [0, 0.1) is 11.6 Å². The number of methoxy groups -OCH3 is 2. The molecule has 1 aromatic carbocycles. The van der Waals surface area contributed by atoms with E-state index in [1.54, 1.807) is 0 Å². The van der Waals surface area contributed by atoms with Gasteiger partial charge in [0.05, 0.1) is 25.2 Å². The Hall–Kier alpha value is -1.85. The molecule has 116 valence electrons. The third-order valence-electron chi connectivity index (χ3n) is 4.16. The summed E-state index contributed by atoms with van der Waals surface area (Å²) in [6.45, 7) is 0. The molecule has 1 saturated carbocycles. The standard InChI is InChI=1S/C15H18F2O4/c1-20-10-8-9(16)12(17)11(13(10)21-2)15(14(18)19)6-4-3-5-7-15/h8H,3-7H2,1-2H3,(H,18,19). The Balaban J connectivity index is 2.75. The Kier molecular flexibility index (Phi) is 4.34. The SMILES string of the molecule is COc1cc(F)c(F)c(C2(C(=O)O)CCCCC2)c1OC. The molecule has 1 aromatic rings. The van der Waals surface area contributed by atoms with Crippen LogP contribution in [0.15, 0.2) is 6.07 Å². The van der Waals surface area contributed by atoms with Gasteiger partial charge in [-0.25, -0.2) is 8.78 Å². The highest BCUT2D eigenvalue weighted by atomic mass is 19.2. The number of hydrogen-bond acceptors (Lipinski definition) is 3. The van der Waals surface area contributed by atoms with Crippen molar-refractivity contribution in [3.63, 3.8) is 0 Å². The Labute approximate surface area is 121 Å². The maximum atomic E-state index is 14.4. The fraction of sp³-hybridized carbons (Fsp3) is 0.533. The largest absolute Gasteiger partial charge is 0.493 e. The Bertz CT molecular complexity index is 551. The van der Waals surface area contributed by atoms with Gasteiger partial charge < -0.3 is 14.6 Å². The van der Waals surface area contributed by atoms with Crippen molar-refractivity contribution < 1.29 is 28.2 Å². The first-order chi connectivity index (χ1) is 9.97. The van der Waals surface area contributed by atoms with Crippen LogP contribution in [0.2, 0.25) is 0 Å². The quantitative estimate of drug-likeness (QED) is 0.927. The molecule has 0 amide bonds. The topological polar surface area (TPSA) is 55.8 Å². The van der Waals surface area contributed by atoms with Crippen LogP contribution in [0.5, 0.6) is 11.5 Å². The summed E-state index contributed by atoms with van der Waals surface area (Å²) in [6, 6.07) is 0.871. The van der Waals surface area contributed by atoms with E-state index in [4.69, 9.17) is 9.47 Å². The Morgan fingerprint density at radius 1 is 1.19 bits per heavy atom. The average Bonchev–Trinajstić information content (AvgIpc) is 2.49. The second-order valence-electron chi connectivity index (χ2n) is 5.23. The van der Waals surface area contributed by atoms with E-state index < -0.39 is 23.0 Å². The molecular formula is C15H18F2O4. The molecule has 21 heavy (non-hydrogen) atoms. The van der Waals surface area contributed by atoms with Gasteiger partial charge in [-0.05, 0) is 12.8 Å². The number of ether oxygens (including phenoxy) is 2. The fourth-order valence-corrected chi connectivity index (χ4v) is 3.09. The predicted octanol–water partition coefficient (Wildman–Crippen LogP) is 3.27. The van der Waals surface area contributed by atoms with Crippen LogP contribution in [0.3, 0.4) is 0 Å². The van der Waals surface area contributed by atoms with Crippen LogP contribution in [-0.4, -0.2) is 25.3 Å². The van der Waals surface area contributed by atoms with Gasteiger partial charge in [0.15, 0.2) is 23.1 Å². The first kappa shape index (κ1) is 15.5. The molecule has 1 N–H and O–H groups in total. The number of hydrogen-bond donors (Lipinski definition) is 1. The van der Waals surface area contributed by atoms with Gasteiger partial charge in [-0.15, -0.1) is 0 Å². The molecule has 4 nitrogen and oxygen atoms in total. The lowest BCUT2D eigenvalue weighted by Crippen LogP contribution is -2.39. The van der Waals surface area contributed by atoms with E-state index in [2.05, 4.69) is 0 Å². The zero-order chi connectivity index (χ0) is 15.6. The molecule has 0 aliphatic heterocycles. The lowest BCUT2D eigenvalue weighted by molar-refractivity contribution is -0.145. The smallest absolute Gasteiger partial charge is 0.314 e. The number of carboxylic acids is 1. The summed E-state index contributed by atoms with van der Waals surface area (Å²) in [5, 5.41) is 9.66. The number of carbonyl (C=O) groups is 1. The molecule has 1 fully saturated rings. The van der Waals surface area contributed by atoms with Gasteiger partial charge in [-0.2, -0.15) is 0 Å². The molecular weight excluding hydrogens is 282 g/mol. The number of carboxylic acid groups (broad SMARTS) is 1. The molecule has 0 unspecified atom stereocenters. The molecule has 1 aliphatic carbocycles. The molecule has 0 atom stereocenters. The van der Waals surface area contributed by atoms with Crippen molar-refractivity contribution in [3.05, 3.63) is 23.3 Å². The van der Waals surface area contributed by atoms with Crippen molar-refractivity contribution in [1.82, 2.24) is 0 Å². The summed E-state index contributed by atoms with van der Waals surface area (Å²) in [5.41, 5.74) is -1.71. The molecule has 0 saturated heterocycles. The number of rotatable bonds is 4. The summed E-state index contributed by atoms with van der Waals surface area (Å²) in [6.07, 6.45) is 2.68. The third kappa shape index (κ3) is 2.43. The van der Waals surface area contributed by atoms with Crippen molar-refractivity contribution >= 4 is 5.97 Å². The molecule has 0 heterocycles. The molecule has 6 heteroatoms. The second-order valence-corrected chi connectivity index (χ2v) is 5.23. The van der Waals surface area contributed by atoms with Crippen molar-refractivity contribution in [2.45, 2.75) is 37.5 Å². The second kappa shape index (κ2) is 5.87. The van der Waals surface area contributed by atoms with Crippen LogP contribution in [0.1, 0.15) is 37.7 Å². The van der Waals surface area contributed by atoms with Crippen LogP contribution >= 0.6 is 0 Å². The van der Waals surface area contributed by atoms with Gasteiger partial charge in [0.1, 0.15) is 0 Å². The van der Waals surface area contributed by atoms with Gasteiger partial charge >= 0.3 is 5.97 Å². The van der Waals surface area contributed by atoms with Crippen LogP contribution < -0.4 is 9.47 Å². The van der Waals surface area contributed by atoms with Gasteiger partial charge in [0.25, 0.3) is 0 Å². The normalized spacial score (nSPS) is 17.3. The molecule has 0 spiro atoms. The maximum Gasteiger partial charge on any atom is 0.314 e. The Morgan fingerprint density at radius 2 is 1.81 bits per heavy atom. The highest BCUT2D eigenvalue weighted by Gasteiger charge is 2.47. The molecule has 0 radical (unpaired) electrons. The summed E-state index contributed by atoms with van der Waals surface area (Å²) >= 11 is 0. The van der Waals surface area contributed by atoms with Gasteiger partial charge in [0, 0.05) is 6.07 Å². The lowest BCUT2D eigenvalue weighted by Gasteiger charge is -2.35. The fourth-order valence-electron chi connectivity index (χ4n) is 3.09. The minimum atomic E-state index is -1.47. The van der Waals surface area contributed by atoms with E-state index in [0.717, 1.165) is 12.5 Å². The highest BCUT2D eigenvalue weighted by molar-refractivity contribution is 5.83. The van der Waals surface area contributed by atoms with Crippen molar-refractivity contribution in [2.75, 3.05) is 14.2 Å². The molecule has 1 aliphatic rings. The van der Waals surface area contributed by atoms with E-state index >= 15 is 0 Å². The first-order valence-electron chi connectivity index (χ1n) is 6.81. The van der Waals surface area contributed by atoms with E-state index in [0.29, 0.717) is 12.8 Å². The van der Waals surface area contributed by atoms with Gasteiger partial charge in [0.2, 0.25) is 0 Å². The summed E-state index contributed by atoms with van der Waals surface area (Å²) in [4.78, 5) is 11.8. The summed E-state index contributed by atoms with van der Waals surface area (Å²) < 4.78 is 38.3. The molecule has 2 rings (SSSR count). The Morgan fingerprint density at radius 3 is 2.29 bits per heavy atom. The number of benzene rings is 1. The third-order valence-corrected chi connectivity index (χ3v) is 4.16. The summed E-state index contributed by atoms with van der Waals surface area (Å²) in [7, 11) is 2.59. The number of halogens is 2. The minimum absolute atomic E-state index is 0.00222. The van der Waals surface area contributed by atoms with E-state index in [1.165, 1.54) is 14.2 Å².